The maximum atomic E-state index is 10.4. The van der Waals surface area contributed by atoms with E-state index in [1.165, 1.54) is 5.56 Å². The number of para-hydroxylation sites is 1. The van der Waals surface area contributed by atoms with Gasteiger partial charge < -0.3 is 10.1 Å². The number of aromatic amines is 1. The molecule has 130 valence electrons. The van der Waals surface area contributed by atoms with Gasteiger partial charge >= 0.3 is 0 Å². The standard InChI is InChI=1S/C19H23N5O/c25-18(19-20-8-9-21-19)16-6-10-23(11-7-16)13-15-12-22-24(14-15)17-4-2-1-3-5-17/h1-5,8-9,12,14,16,18,25H,6-7,10-11,13H2,(H,20,21). The Labute approximate surface area is 147 Å². The van der Waals surface area contributed by atoms with Crippen molar-refractivity contribution in [1.29, 1.82) is 0 Å². The first-order valence-corrected chi connectivity index (χ1v) is 8.78. The van der Waals surface area contributed by atoms with E-state index in [0.29, 0.717) is 5.82 Å². The molecule has 0 amide bonds. The number of hydrogen-bond donors (Lipinski definition) is 2. The van der Waals surface area contributed by atoms with E-state index in [0.717, 1.165) is 38.2 Å². The van der Waals surface area contributed by atoms with Crippen LogP contribution in [0.4, 0.5) is 0 Å². The highest BCUT2D eigenvalue weighted by Gasteiger charge is 2.27. The number of nitrogens with one attached hydrogen (secondary N) is 1. The minimum absolute atomic E-state index is 0.273. The summed E-state index contributed by atoms with van der Waals surface area (Å²) in [6.07, 6.45) is 8.97. The Morgan fingerprint density at radius 1 is 1.20 bits per heavy atom. The van der Waals surface area contributed by atoms with Crippen LogP contribution in [0.3, 0.4) is 0 Å². The maximum absolute atomic E-state index is 10.4. The molecular weight excluding hydrogens is 314 g/mol. The zero-order valence-electron chi connectivity index (χ0n) is 14.1. The third kappa shape index (κ3) is 3.65. The Balaban J connectivity index is 1.32. The zero-order chi connectivity index (χ0) is 17.1. The van der Waals surface area contributed by atoms with Crippen molar-refractivity contribution in [3.63, 3.8) is 0 Å². The molecule has 2 aromatic heterocycles. The average Bonchev–Trinajstić information content (AvgIpc) is 3.35. The quantitative estimate of drug-likeness (QED) is 0.751. The Kier molecular flexibility index (Phi) is 4.63. The summed E-state index contributed by atoms with van der Waals surface area (Å²) in [5, 5.41) is 14.9. The minimum atomic E-state index is -0.488. The molecule has 6 nitrogen and oxygen atoms in total. The second-order valence-electron chi connectivity index (χ2n) is 6.66. The van der Waals surface area contributed by atoms with Crippen LogP contribution >= 0.6 is 0 Å². The lowest BCUT2D eigenvalue weighted by Crippen LogP contribution is -2.35. The molecule has 0 radical (unpaired) electrons. The molecule has 1 unspecified atom stereocenters. The van der Waals surface area contributed by atoms with Crippen LogP contribution in [0.5, 0.6) is 0 Å². The first-order chi connectivity index (χ1) is 12.3. The lowest BCUT2D eigenvalue weighted by Gasteiger charge is -2.33. The maximum Gasteiger partial charge on any atom is 0.135 e. The molecule has 3 heterocycles. The molecule has 1 atom stereocenters. The highest BCUT2D eigenvalue weighted by molar-refractivity contribution is 5.30. The van der Waals surface area contributed by atoms with Gasteiger partial charge in [0.15, 0.2) is 0 Å². The van der Waals surface area contributed by atoms with Gasteiger partial charge in [0.1, 0.15) is 11.9 Å². The number of aromatic nitrogens is 4. The molecule has 25 heavy (non-hydrogen) atoms. The van der Waals surface area contributed by atoms with Gasteiger partial charge in [-0.3, -0.25) is 4.90 Å². The van der Waals surface area contributed by atoms with Crippen molar-refractivity contribution < 1.29 is 5.11 Å². The SMILES string of the molecule is OC(c1ncc[nH]1)C1CCN(Cc2cnn(-c3ccccc3)c2)CC1. The number of piperidine rings is 1. The molecule has 0 saturated carbocycles. The summed E-state index contributed by atoms with van der Waals surface area (Å²) in [6, 6.07) is 10.2. The third-order valence-corrected chi connectivity index (χ3v) is 4.94. The van der Waals surface area contributed by atoms with E-state index in [1.807, 2.05) is 29.1 Å². The number of nitrogens with zero attached hydrogens (tertiary/aromatic N) is 4. The van der Waals surface area contributed by atoms with Crippen LogP contribution in [0.1, 0.15) is 30.3 Å². The fourth-order valence-corrected chi connectivity index (χ4v) is 3.51. The summed E-state index contributed by atoms with van der Waals surface area (Å²) in [6.45, 7) is 2.87. The lowest BCUT2D eigenvalue weighted by molar-refractivity contribution is 0.0515. The molecule has 2 N–H and O–H groups in total. The lowest BCUT2D eigenvalue weighted by atomic mass is 9.90. The van der Waals surface area contributed by atoms with Gasteiger partial charge in [-0.2, -0.15) is 5.10 Å². The van der Waals surface area contributed by atoms with E-state index in [9.17, 15) is 5.11 Å². The van der Waals surface area contributed by atoms with E-state index >= 15 is 0 Å². The van der Waals surface area contributed by atoms with Crippen molar-refractivity contribution in [3.8, 4) is 5.69 Å². The van der Waals surface area contributed by atoms with E-state index in [2.05, 4.69) is 38.3 Å². The van der Waals surface area contributed by atoms with Crippen molar-refractivity contribution in [2.45, 2.75) is 25.5 Å². The van der Waals surface area contributed by atoms with Crippen molar-refractivity contribution in [2.24, 2.45) is 5.92 Å². The highest BCUT2D eigenvalue weighted by atomic mass is 16.3. The first-order valence-electron chi connectivity index (χ1n) is 8.78. The van der Waals surface area contributed by atoms with Crippen LogP contribution in [0.2, 0.25) is 0 Å². The Hall–Kier alpha value is -2.44. The fourth-order valence-electron chi connectivity index (χ4n) is 3.51. The molecule has 0 aliphatic carbocycles. The highest BCUT2D eigenvalue weighted by Crippen LogP contribution is 2.29. The summed E-state index contributed by atoms with van der Waals surface area (Å²) in [4.78, 5) is 9.63. The summed E-state index contributed by atoms with van der Waals surface area (Å²) in [5.74, 6) is 0.956. The normalized spacial score (nSPS) is 17.6. The molecule has 3 aromatic rings. The Bertz CT molecular complexity index is 775. The number of H-pyrrole nitrogens is 1. The molecule has 1 fully saturated rings. The van der Waals surface area contributed by atoms with Gasteiger partial charge in [0.05, 0.1) is 11.9 Å². The van der Waals surface area contributed by atoms with Gasteiger partial charge in [-0.05, 0) is 44.0 Å². The van der Waals surface area contributed by atoms with Crippen LogP contribution in [0, 0.1) is 5.92 Å². The van der Waals surface area contributed by atoms with Crippen molar-refractivity contribution >= 4 is 0 Å². The van der Waals surface area contributed by atoms with Gasteiger partial charge in [0, 0.05) is 30.7 Å². The summed E-state index contributed by atoms with van der Waals surface area (Å²) in [7, 11) is 0. The largest absolute Gasteiger partial charge is 0.385 e. The van der Waals surface area contributed by atoms with Gasteiger partial charge in [0.2, 0.25) is 0 Å². The summed E-state index contributed by atoms with van der Waals surface area (Å²) < 4.78 is 1.92. The zero-order valence-corrected chi connectivity index (χ0v) is 14.1. The smallest absolute Gasteiger partial charge is 0.135 e. The predicted octanol–water partition coefficient (Wildman–Crippen LogP) is 2.54. The van der Waals surface area contributed by atoms with E-state index in [1.54, 1.807) is 12.4 Å². The topological polar surface area (TPSA) is 70.0 Å². The molecule has 1 aliphatic heterocycles. The van der Waals surface area contributed by atoms with Gasteiger partial charge in [-0.15, -0.1) is 0 Å². The summed E-state index contributed by atoms with van der Waals surface area (Å²) in [5.41, 5.74) is 2.29. The number of benzene rings is 1. The number of hydrogen-bond acceptors (Lipinski definition) is 4. The monoisotopic (exact) mass is 337 g/mol. The van der Waals surface area contributed by atoms with E-state index in [4.69, 9.17) is 0 Å². The molecule has 0 spiro atoms. The van der Waals surface area contributed by atoms with Gasteiger partial charge in [-0.1, -0.05) is 18.2 Å². The van der Waals surface area contributed by atoms with Crippen molar-refractivity contribution in [3.05, 3.63) is 66.5 Å². The van der Waals surface area contributed by atoms with Crippen molar-refractivity contribution in [2.75, 3.05) is 13.1 Å². The first kappa shape index (κ1) is 16.1. The Morgan fingerprint density at radius 3 is 2.72 bits per heavy atom. The number of imidazole rings is 1. The molecule has 1 aliphatic rings. The second-order valence-corrected chi connectivity index (χ2v) is 6.66. The van der Waals surface area contributed by atoms with Crippen LogP contribution in [-0.2, 0) is 6.54 Å². The van der Waals surface area contributed by atoms with Crippen LogP contribution < -0.4 is 0 Å². The van der Waals surface area contributed by atoms with Crippen molar-refractivity contribution in [1.82, 2.24) is 24.6 Å². The summed E-state index contributed by atoms with van der Waals surface area (Å²) >= 11 is 0. The average molecular weight is 337 g/mol. The van der Waals surface area contributed by atoms with Crippen LogP contribution in [0.25, 0.3) is 5.69 Å². The number of aliphatic hydroxyl groups is 1. The predicted molar refractivity (Wildman–Crippen MR) is 95.1 cm³/mol. The fraction of sp³-hybridized carbons (Fsp3) is 0.368. The third-order valence-electron chi connectivity index (χ3n) is 4.94. The Morgan fingerprint density at radius 2 is 2.00 bits per heavy atom. The molecule has 4 rings (SSSR count). The minimum Gasteiger partial charge on any atom is -0.385 e. The van der Waals surface area contributed by atoms with E-state index in [-0.39, 0.29) is 5.92 Å². The molecule has 1 saturated heterocycles. The van der Waals surface area contributed by atoms with Gasteiger partial charge in [-0.25, -0.2) is 9.67 Å². The molecular formula is C19H23N5O. The second kappa shape index (κ2) is 7.21. The van der Waals surface area contributed by atoms with Crippen LogP contribution in [-0.4, -0.2) is 42.8 Å². The van der Waals surface area contributed by atoms with Crippen LogP contribution in [0.15, 0.2) is 55.1 Å². The number of likely N-dealkylation sites (tertiary alicyclic amines) is 1. The molecule has 6 heteroatoms. The number of aliphatic hydroxyl groups excluding tert-OH is 1. The van der Waals surface area contributed by atoms with E-state index < -0.39 is 6.10 Å². The molecule has 0 bridgehead atoms. The number of rotatable bonds is 5. The molecule has 1 aromatic carbocycles. The van der Waals surface area contributed by atoms with Gasteiger partial charge in [0.25, 0.3) is 0 Å².